The minimum atomic E-state index is -4.48. The van der Waals surface area contributed by atoms with Crippen LogP contribution in [0, 0.1) is 19.8 Å². The highest BCUT2D eigenvalue weighted by molar-refractivity contribution is 5.96. The summed E-state index contributed by atoms with van der Waals surface area (Å²) in [5.41, 5.74) is 2.68. The Labute approximate surface area is 150 Å². The van der Waals surface area contributed by atoms with E-state index in [1.807, 2.05) is 19.1 Å². The maximum Gasteiger partial charge on any atom is 0.435 e. The number of rotatable bonds is 3. The van der Waals surface area contributed by atoms with E-state index < -0.39 is 17.8 Å². The van der Waals surface area contributed by atoms with Crippen molar-refractivity contribution in [2.75, 3.05) is 11.4 Å². The number of amides is 1. The van der Waals surface area contributed by atoms with Crippen molar-refractivity contribution in [1.29, 1.82) is 0 Å². The zero-order valence-corrected chi connectivity index (χ0v) is 15.1. The topological polar surface area (TPSA) is 38.1 Å². The molecule has 1 aliphatic heterocycles. The lowest BCUT2D eigenvalue weighted by molar-refractivity contribution is -0.141. The molecule has 7 heteroatoms. The number of nitrogens with zero attached hydrogens (tertiary/aromatic N) is 3. The molecule has 1 atom stereocenters. The van der Waals surface area contributed by atoms with Crippen molar-refractivity contribution >= 4 is 11.6 Å². The average molecular weight is 365 g/mol. The van der Waals surface area contributed by atoms with Gasteiger partial charge in [0.1, 0.15) is 0 Å². The van der Waals surface area contributed by atoms with E-state index in [1.165, 1.54) is 4.68 Å². The largest absolute Gasteiger partial charge is 0.435 e. The van der Waals surface area contributed by atoms with Gasteiger partial charge in [-0.25, -0.2) is 0 Å². The summed E-state index contributed by atoms with van der Waals surface area (Å²) in [5, 5.41) is 3.63. The summed E-state index contributed by atoms with van der Waals surface area (Å²) in [4.78, 5) is 14.7. The smallest absolute Gasteiger partial charge is 0.312 e. The number of hydrogen-bond donors (Lipinski definition) is 0. The second-order valence-electron chi connectivity index (χ2n) is 6.98. The van der Waals surface area contributed by atoms with Gasteiger partial charge in [-0.3, -0.25) is 9.48 Å². The van der Waals surface area contributed by atoms with Crippen LogP contribution in [0.25, 0.3) is 0 Å². The second-order valence-corrected chi connectivity index (χ2v) is 6.98. The van der Waals surface area contributed by atoms with Gasteiger partial charge in [0.25, 0.3) is 0 Å². The minimum Gasteiger partial charge on any atom is -0.312 e. The molecule has 26 heavy (non-hydrogen) atoms. The predicted molar refractivity (Wildman–Crippen MR) is 93.0 cm³/mol. The summed E-state index contributed by atoms with van der Waals surface area (Å²) in [6, 6.07) is 7.03. The third kappa shape index (κ3) is 3.61. The summed E-state index contributed by atoms with van der Waals surface area (Å²) in [6.45, 7) is 6.07. The third-order valence-electron chi connectivity index (χ3n) is 4.76. The number of aryl methyl sites for hydroxylation is 3. The van der Waals surface area contributed by atoms with Crippen LogP contribution in [-0.4, -0.2) is 22.2 Å². The molecule has 0 spiro atoms. The third-order valence-corrected chi connectivity index (χ3v) is 4.76. The number of carbonyl (C=O) groups excluding carboxylic acids is 1. The van der Waals surface area contributed by atoms with Gasteiger partial charge >= 0.3 is 6.18 Å². The molecule has 0 fully saturated rings. The van der Waals surface area contributed by atoms with Crippen molar-refractivity contribution in [3.8, 4) is 0 Å². The molecule has 0 saturated heterocycles. The van der Waals surface area contributed by atoms with E-state index in [-0.39, 0.29) is 12.5 Å². The van der Waals surface area contributed by atoms with E-state index in [0.717, 1.165) is 35.7 Å². The Kier molecular flexibility index (Phi) is 4.82. The highest BCUT2D eigenvalue weighted by atomic mass is 19.4. The fourth-order valence-electron chi connectivity index (χ4n) is 3.39. The van der Waals surface area contributed by atoms with Crippen LogP contribution in [0.3, 0.4) is 0 Å². The molecular formula is C19H22F3N3O. The predicted octanol–water partition coefficient (Wildman–Crippen LogP) is 4.13. The van der Waals surface area contributed by atoms with Crippen molar-refractivity contribution in [3.05, 3.63) is 46.8 Å². The fraction of sp³-hybridized carbons (Fsp3) is 0.474. The molecule has 0 N–H and O–H groups in total. The fourth-order valence-corrected chi connectivity index (χ4v) is 3.39. The second kappa shape index (κ2) is 6.78. The maximum absolute atomic E-state index is 12.9. The van der Waals surface area contributed by atoms with Gasteiger partial charge in [0.2, 0.25) is 5.91 Å². The molecule has 2 aromatic rings. The maximum atomic E-state index is 12.9. The zero-order chi connectivity index (χ0) is 19.1. The molecule has 140 valence electrons. The van der Waals surface area contributed by atoms with Gasteiger partial charge in [0.15, 0.2) is 5.69 Å². The van der Waals surface area contributed by atoms with Gasteiger partial charge in [0, 0.05) is 17.9 Å². The molecule has 3 rings (SSSR count). The van der Waals surface area contributed by atoms with Crippen molar-refractivity contribution in [2.45, 2.75) is 46.3 Å². The van der Waals surface area contributed by atoms with Crippen LogP contribution in [0.4, 0.5) is 18.9 Å². The van der Waals surface area contributed by atoms with E-state index >= 15 is 0 Å². The minimum absolute atomic E-state index is 0.0849. The average Bonchev–Trinajstić information content (AvgIpc) is 2.94. The van der Waals surface area contributed by atoms with Crippen LogP contribution < -0.4 is 4.90 Å². The van der Waals surface area contributed by atoms with Crippen LogP contribution in [0.5, 0.6) is 0 Å². The van der Waals surface area contributed by atoms with Crippen LogP contribution in [0.2, 0.25) is 0 Å². The van der Waals surface area contributed by atoms with E-state index in [1.54, 1.807) is 18.7 Å². The lowest BCUT2D eigenvalue weighted by Crippen LogP contribution is -2.40. The summed E-state index contributed by atoms with van der Waals surface area (Å²) in [5.74, 6) is -0.555. The number of anilines is 1. The van der Waals surface area contributed by atoms with Gasteiger partial charge in [-0.1, -0.05) is 24.6 Å². The SMILES string of the molecule is Cc1ccc2c(c1)CCCN2C(=O)C(C)Cn1nc(C(F)(F)F)cc1C. The number of benzene rings is 1. The molecule has 0 bridgehead atoms. The Morgan fingerprint density at radius 2 is 2.00 bits per heavy atom. The molecule has 0 radical (unpaired) electrons. The number of hydrogen-bond acceptors (Lipinski definition) is 2. The molecule has 0 aliphatic carbocycles. The molecule has 4 nitrogen and oxygen atoms in total. The van der Waals surface area contributed by atoms with E-state index in [9.17, 15) is 18.0 Å². The van der Waals surface area contributed by atoms with Gasteiger partial charge in [0.05, 0.1) is 12.5 Å². The van der Waals surface area contributed by atoms with E-state index in [0.29, 0.717) is 12.2 Å². The summed E-state index contributed by atoms with van der Waals surface area (Å²) in [6.07, 6.45) is -2.66. The molecule has 1 aromatic carbocycles. The summed E-state index contributed by atoms with van der Waals surface area (Å²) in [7, 11) is 0. The first-order valence-electron chi connectivity index (χ1n) is 8.69. The molecule has 0 saturated carbocycles. The van der Waals surface area contributed by atoms with E-state index in [2.05, 4.69) is 11.2 Å². The molecule has 2 heterocycles. The quantitative estimate of drug-likeness (QED) is 0.820. The number of halogens is 3. The summed E-state index contributed by atoms with van der Waals surface area (Å²) < 4.78 is 39.7. The van der Waals surface area contributed by atoms with Crippen LogP contribution in [0.1, 0.15) is 35.9 Å². The van der Waals surface area contributed by atoms with Gasteiger partial charge in [-0.05, 0) is 44.4 Å². The van der Waals surface area contributed by atoms with Crippen molar-refractivity contribution in [2.24, 2.45) is 5.92 Å². The molecular weight excluding hydrogens is 343 g/mol. The Balaban J connectivity index is 1.79. The Morgan fingerprint density at radius 1 is 1.27 bits per heavy atom. The first kappa shape index (κ1) is 18.5. The standard InChI is InChI=1S/C19H22F3N3O/c1-12-6-7-16-15(9-12)5-4-8-24(16)18(26)13(2)11-25-14(3)10-17(23-25)19(20,21)22/h6-7,9-10,13H,4-5,8,11H2,1-3H3. The number of aromatic nitrogens is 2. The molecule has 1 aliphatic rings. The van der Waals surface area contributed by atoms with Gasteiger partial charge in [-0.15, -0.1) is 0 Å². The highest BCUT2D eigenvalue weighted by Gasteiger charge is 2.35. The monoisotopic (exact) mass is 365 g/mol. The lowest BCUT2D eigenvalue weighted by Gasteiger charge is -2.32. The Bertz CT molecular complexity index is 826. The Hall–Kier alpha value is -2.31. The number of fused-ring (bicyclic) bond motifs is 1. The highest BCUT2D eigenvalue weighted by Crippen LogP contribution is 2.30. The zero-order valence-electron chi connectivity index (χ0n) is 15.1. The lowest BCUT2D eigenvalue weighted by atomic mass is 9.98. The molecule has 1 aromatic heterocycles. The van der Waals surface area contributed by atoms with Crippen LogP contribution in [0.15, 0.2) is 24.3 Å². The van der Waals surface area contributed by atoms with Crippen LogP contribution >= 0.6 is 0 Å². The van der Waals surface area contributed by atoms with Crippen molar-refractivity contribution in [1.82, 2.24) is 9.78 Å². The van der Waals surface area contributed by atoms with Crippen molar-refractivity contribution in [3.63, 3.8) is 0 Å². The first-order valence-corrected chi connectivity index (χ1v) is 8.69. The summed E-state index contributed by atoms with van der Waals surface area (Å²) >= 11 is 0. The van der Waals surface area contributed by atoms with Crippen molar-refractivity contribution < 1.29 is 18.0 Å². The molecule has 1 unspecified atom stereocenters. The van der Waals surface area contributed by atoms with Gasteiger partial charge in [-0.2, -0.15) is 18.3 Å². The number of carbonyl (C=O) groups is 1. The Morgan fingerprint density at radius 3 is 2.65 bits per heavy atom. The molecule has 1 amide bonds. The van der Waals surface area contributed by atoms with Crippen LogP contribution in [-0.2, 0) is 23.9 Å². The first-order chi connectivity index (χ1) is 12.2. The number of alkyl halides is 3. The normalized spacial score (nSPS) is 15.7. The van der Waals surface area contributed by atoms with E-state index in [4.69, 9.17) is 0 Å². The van der Waals surface area contributed by atoms with Gasteiger partial charge < -0.3 is 4.90 Å².